The van der Waals surface area contributed by atoms with E-state index < -0.39 is 0 Å². The van der Waals surface area contributed by atoms with Gasteiger partial charge in [-0.3, -0.25) is 4.79 Å². The Morgan fingerprint density at radius 1 is 1.07 bits per heavy atom. The molecule has 3 rings (SSSR count). The molecule has 0 bridgehead atoms. The first kappa shape index (κ1) is 18.8. The minimum atomic E-state index is 0.0536. The molecule has 27 heavy (non-hydrogen) atoms. The van der Waals surface area contributed by atoms with Crippen molar-refractivity contribution in [2.45, 2.75) is 13.5 Å². The molecular weight excluding hydrogens is 342 g/mol. The van der Waals surface area contributed by atoms with E-state index in [-0.39, 0.29) is 12.5 Å². The van der Waals surface area contributed by atoms with Gasteiger partial charge in [0.1, 0.15) is 12.3 Å². The molecule has 7 heteroatoms. The molecule has 0 aliphatic carbocycles. The Labute approximate surface area is 160 Å². The molecule has 7 nitrogen and oxygen atoms in total. The number of carbonyl (C=O) groups is 1. The number of anilines is 1. The second kappa shape index (κ2) is 9.66. The number of furan rings is 1. The largest absolute Gasteiger partial charge is 0.467 e. The SMILES string of the molecule is CCNC(=NCC(=O)N1CCN(c2ccccc2)CC1)NCc1ccco1. The van der Waals surface area contributed by atoms with Gasteiger partial charge in [0.2, 0.25) is 5.91 Å². The van der Waals surface area contributed by atoms with E-state index in [1.807, 2.05) is 42.2 Å². The van der Waals surface area contributed by atoms with Crippen molar-refractivity contribution < 1.29 is 9.21 Å². The number of para-hydroxylation sites is 1. The molecule has 1 aliphatic heterocycles. The highest BCUT2D eigenvalue weighted by Crippen LogP contribution is 2.15. The minimum absolute atomic E-state index is 0.0536. The zero-order valence-electron chi connectivity index (χ0n) is 15.7. The molecule has 1 aromatic carbocycles. The molecule has 0 unspecified atom stereocenters. The summed E-state index contributed by atoms with van der Waals surface area (Å²) in [6, 6.07) is 14.1. The smallest absolute Gasteiger partial charge is 0.244 e. The van der Waals surface area contributed by atoms with Crippen LogP contribution in [0.3, 0.4) is 0 Å². The highest BCUT2D eigenvalue weighted by Gasteiger charge is 2.20. The van der Waals surface area contributed by atoms with Crippen LogP contribution in [0.15, 0.2) is 58.1 Å². The van der Waals surface area contributed by atoms with E-state index in [0.717, 1.165) is 38.5 Å². The number of nitrogens with zero attached hydrogens (tertiary/aromatic N) is 3. The van der Waals surface area contributed by atoms with Crippen LogP contribution in [0.5, 0.6) is 0 Å². The van der Waals surface area contributed by atoms with Crippen molar-refractivity contribution >= 4 is 17.6 Å². The number of amides is 1. The monoisotopic (exact) mass is 369 g/mol. The summed E-state index contributed by atoms with van der Waals surface area (Å²) in [7, 11) is 0. The summed E-state index contributed by atoms with van der Waals surface area (Å²) in [5, 5.41) is 6.33. The molecule has 0 saturated carbocycles. The average molecular weight is 369 g/mol. The third kappa shape index (κ3) is 5.51. The maximum atomic E-state index is 12.5. The van der Waals surface area contributed by atoms with Crippen LogP contribution in [-0.4, -0.2) is 56.0 Å². The van der Waals surface area contributed by atoms with Crippen molar-refractivity contribution in [1.29, 1.82) is 0 Å². The summed E-state index contributed by atoms with van der Waals surface area (Å²) < 4.78 is 5.30. The normalized spacial score (nSPS) is 14.9. The van der Waals surface area contributed by atoms with Crippen LogP contribution < -0.4 is 15.5 Å². The number of guanidine groups is 1. The zero-order valence-corrected chi connectivity index (χ0v) is 15.7. The number of carbonyl (C=O) groups excluding carboxylic acids is 1. The van der Waals surface area contributed by atoms with E-state index >= 15 is 0 Å². The van der Waals surface area contributed by atoms with Crippen LogP contribution in [0, 0.1) is 0 Å². The van der Waals surface area contributed by atoms with Crippen LogP contribution in [-0.2, 0) is 11.3 Å². The number of hydrogen-bond donors (Lipinski definition) is 2. The van der Waals surface area contributed by atoms with Crippen molar-refractivity contribution in [3.05, 3.63) is 54.5 Å². The van der Waals surface area contributed by atoms with Gasteiger partial charge in [0.05, 0.1) is 12.8 Å². The third-order valence-electron chi connectivity index (χ3n) is 4.48. The van der Waals surface area contributed by atoms with Crippen molar-refractivity contribution in [3.63, 3.8) is 0 Å². The lowest BCUT2D eigenvalue weighted by molar-refractivity contribution is -0.129. The summed E-state index contributed by atoms with van der Waals surface area (Å²) in [6.45, 7) is 6.52. The molecule has 2 heterocycles. The zero-order chi connectivity index (χ0) is 18.9. The topological polar surface area (TPSA) is 73.1 Å². The summed E-state index contributed by atoms with van der Waals surface area (Å²) in [5.41, 5.74) is 1.21. The number of aliphatic imine (C=N–C) groups is 1. The second-order valence-corrected chi connectivity index (χ2v) is 6.33. The molecule has 1 fully saturated rings. The number of benzene rings is 1. The Hall–Kier alpha value is -2.96. The van der Waals surface area contributed by atoms with E-state index in [4.69, 9.17) is 4.42 Å². The molecule has 2 N–H and O–H groups in total. The van der Waals surface area contributed by atoms with Crippen LogP contribution in [0.1, 0.15) is 12.7 Å². The van der Waals surface area contributed by atoms with Crippen LogP contribution in [0.25, 0.3) is 0 Å². The average Bonchev–Trinajstić information content (AvgIpc) is 3.24. The van der Waals surface area contributed by atoms with Gasteiger partial charge in [-0.05, 0) is 31.2 Å². The van der Waals surface area contributed by atoms with Gasteiger partial charge in [-0.1, -0.05) is 18.2 Å². The summed E-state index contributed by atoms with van der Waals surface area (Å²) >= 11 is 0. The molecular formula is C20H27N5O2. The first-order chi connectivity index (χ1) is 13.3. The molecule has 1 saturated heterocycles. The lowest BCUT2D eigenvalue weighted by atomic mass is 10.2. The molecule has 1 aliphatic rings. The molecule has 1 aromatic heterocycles. The molecule has 2 aromatic rings. The van der Waals surface area contributed by atoms with E-state index in [1.54, 1.807) is 6.26 Å². The summed E-state index contributed by atoms with van der Waals surface area (Å²) in [5.74, 6) is 1.49. The van der Waals surface area contributed by atoms with Gasteiger partial charge in [-0.25, -0.2) is 4.99 Å². The van der Waals surface area contributed by atoms with E-state index in [2.05, 4.69) is 32.7 Å². The van der Waals surface area contributed by atoms with E-state index in [9.17, 15) is 4.79 Å². The van der Waals surface area contributed by atoms with Gasteiger partial charge >= 0.3 is 0 Å². The quantitative estimate of drug-likeness (QED) is 0.599. The Morgan fingerprint density at radius 3 is 2.52 bits per heavy atom. The van der Waals surface area contributed by atoms with Crippen LogP contribution in [0.2, 0.25) is 0 Å². The predicted molar refractivity (Wildman–Crippen MR) is 107 cm³/mol. The van der Waals surface area contributed by atoms with Crippen molar-refractivity contribution in [2.75, 3.05) is 44.2 Å². The van der Waals surface area contributed by atoms with Crippen LogP contribution in [0.4, 0.5) is 5.69 Å². The van der Waals surface area contributed by atoms with Crippen molar-refractivity contribution in [1.82, 2.24) is 15.5 Å². The fourth-order valence-corrected chi connectivity index (χ4v) is 3.03. The molecule has 144 valence electrons. The summed E-state index contributed by atoms with van der Waals surface area (Å²) in [6.07, 6.45) is 1.64. The number of piperazine rings is 1. The fraction of sp³-hybridized carbons (Fsp3) is 0.400. The highest BCUT2D eigenvalue weighted by molar-refractivity contribution is 5.85. The first-order valence-electron chi connectivity index (χ1n) is 9.38. The molecule has 0 atom stereocenters. The molecule has 1 amide bonds. The first-order valence-corrected chi connectivity index (χ1v) is 9.38. The Kier molecular flexibility index (Phi) is 6.73. The molecule has 0 spiro atoms. The standard InChI is InChI=1S/C20H27N5O2/c1-2-21-20(22-15-18-9-6-14-27-18)23-16-19(26)25-12-10-24(11-13-25)17-7-4-3-5-8-17/h3-9,14H,2,10-13,15-16H2,1H3,(H2,21,22,23). The molecule has 0 radical (unpaired) electrons. The lowest BCUT2D eigenvalue weighted by Gasteiger charge is -2.36. The van der Waals surface area contributed by atoms with Gasteiger partial charge in [0.25, 0.3) is 0 Å². The van der Waals surface area contributed by atoms with Gasteiger partial charge < -0.3 is 24.9 Å². The van der Waals surface area contributed by atoms with Gasteiger partial charge in [0, 0.05) is 38.4 Å². The number of rotatable bonds is 6. The van der Waals surface area contributed by atoms with E-state index in [0.29, 0.717) is 12.5 Å². The van der Waals surface area contributed by atoms with Gasteiger partial charge in [-0.2, -0.15) is 0 Å². The Morgan fingerprint density at radius 2 is 1.85 bits per heavy atom. The van der Waals surface area contributed by atoms with E-state index in [1.165, 1.54) is 5.69 Å². The maximum absolute atomic E-state index is 12.5. The highest BCUT2D eigenvalue weighted by atomic mass is 16.3. The fourth-order valence-electron chi connectivity index (χ4n) is 3.03. The Balaban J connectivity index is 1.47. The van der Waals surface area contributed by atoms with Crippen molar-refractivity contribution in [2.24, 2.45) is 4.99 Å². The summed E-state index contributed by atoms with van der Waals surface area (Å²) in [4.78, 5) is 21.1. The third-order valence-corrected chi connectivity index (χ3v) is 4.48. The van der Waals surface area contributed by atoms with Crippen LogP contribution >= 0.6 is 0 Å². The lowest BCUT2D eigenvalue weighted by Crippen LogP contribution is -2.49. The Bertz CT molecular complexity index is 722. The van der Waals surface area contributed by atoms with Gasteiger partial charge in [-0.15, -0.1) is 0 Å². The predicted octanol–water partition coefficient (Wildman–Crippen LogP) is 1.68. The van der Waals surface area contributed by atoms with Crippen molar-refractivity contribution in [3.8, 4) is 0 Å². The maximum Gasteiger partial charge on any atom is 0.244 e. The minimum Gasteiger partial charge on any atom is -0.467 e. The number of nitrogens with one attached hydrogen (secondary N) is 2. The second-order valence-electron chi connectivity index (χ2n) is 6.33. The van der Waals surface area contributed by atoms with Gasteiger partial charge in [0.15, 0.2) is 5.96 Å². The number of hydrogen-bond acceptors (Lipinski definition) is 4.